The van der Waals surface area contributed by atoms with Crippen LogP contribution in [0.4, 0.5) is 5.69 Å². The van der Waals surface area contributed by atoms with E-state index < -0.39 is 11.0 Å². The van der Waals surface area contributed by atoms with Gasteiger partial charge >= 0.3 is 0 Å². The molecular formula is C10H14N2O4. The monoisotopic (exact) mass is 226 g/mol. The minimum atomic E-state index is -0.491. The molecule has 88 valence electrons. The van der Waals surface area contributed by atoms with Gasteiger partial charge in [0, 0.05) is 30.3 Å². The van der Waals surface area contributed by atoms with E-state index in [1.807, 2.05) is 0 Å². The third-order valence-electron chi connectivity index (χ3n) is 2.26. The average Bonchev–Trinajstić information content (AvgIpc) is 2.28. The molecule has 0 saturated carbocycles. The number of aliphatic hydroxyl groups is 1. The molecule has 0 aliphatic heterocycles. The number of methoxy groups -OCH3 is 1. The van der Waals surface area contributed by atoms with Gasteiger partial charge in [0.05, 0.1) is 12.0 Å². The number of benzene rings is 1. The molecule has 1 unspecified atom stereocenters. The van der Waals surface area contributed by atoms with Crippen LogP contribution in [0.25, 0.3) is 0 Å². The van der Waals surface area contributed by atoms with E-state index in [1.165, 1.54) is 25.3 Å². The van der Waals surface area contributed by atoms with Gasteiger partial charge in [0.25, 0.3) is 5.69 Å². The molecule has 0 spiro atoms. The zero-order valence-corrected chi connectivity index (χ0v) is 8.92. The summed E-state index contributed by atoms with van der Waals surface area (Å²) in [7, 11) is 1.47. The fourth-order valence-electron chi connectivity index (χ4n) is 1.42. The average molecular weight is 226 g/mol. The van der Waals surface area contributed by atoms with Gasteiger partial charge in [0.2, 0.25) is 0 Å². The highest BCUT2D eigenvalue weighted by Crippen LogP contribution is 2.29. The lowest BCUT2D eigenvalue weighted by molar-refractivity contribution is -0.385. The van der Waals surface area contributed by atoms with E-state index in [1.54, 1.807) is 0 Å². The molecule has 1 aromatic carbocycles. The van der Waals surface area contributed by atoms with E-state index in [0.29, 0.717) is 17.7 Å². The Morgan fingerprint density at radius 1 is 1.62 bits per heavy atom. The van der Waals surface area contributed by atoms with Crippen LogP contribution >= 0.6 is 0 Å². The lowest BCUT2D eigenvalue weighted by Gasteiger charge is -2.14. The van der Waals surface area contributed by atoms with Crippen LogP contribution in [0.5, 0.6) is 5.75 Å². The van der Waals surface area contributed by atoms with E-state index >= 15 is 0 Å². The highest BCUT2D eigenvalue weighted by molar-refractivity contribution is 5.45. The van der Waals surface area contributed by atoms with E-state index in [4.69, 9.17) is 15.6 Å². The van der Waals surface area contributed by atoms with Crippen LogP contribution in [0.15, 0.2) is 18.2 Å². The van der Waals surface area contributed by atoms with Gasteiger partial charge in [-0.15, -0.1) is 0 Å². The van der Waals surface area contributed by atoms with E-state index in [0.717, 1.165) is 0 Å². The fourth-order valence-corrected chi connectivity index (χ4v) is 1.42. The van der Waals surface area contributed by atoms with Gasteiger partial charge in [-0.2, -0.15) is 0 Å². The predicted molar refractivity (Wildman–Crippen MR) is 58.3 cm³/mol. The maximum Gasteiger partial charge on any atom is 0.270 e. The van der Waals surface area contributed by atoms with Crippen LogP contribution < -0.4 is 10.5 Å². The van der Waals surface area contributed by atoms with Gasteiger partial charge in [-0.3, -0.25) is 10.1 Å². The van der Waals surface area contributed by atoms with Crippen molar-refractivity contribution >= 4 is 5.69 Å². The van der Waals surface area contributed by atoms with Crippen molar-refractivity contribution in [1.82, 2.24) is 0 Å². The molecule has 3 N–H and O–H groups in total. The van der Waals surface area contributed by atoms with Crippen LogP contribution in [-0.2, 0) is 0 Å². The second kappa shape index (κ2) is 5.43. The number of ether oxygens (including phenoxy) is 1. The number of nitro benzene ring substituents is 1. The van der Waals surface area contributed by atoms with Crippen molar-refractivity contribution in [3.05, 3.63) is 33.9 Å². The summed E-state index contributed by atoms with van der Waals surface area (Å²) in [6.45, 7) is -0.0764. The Bertz CT molecular complexity index is 381. The Morgan fingerprint density at radius 2 is 2.31 bits per heavy atom. The third-order valence-corrected chi connectivity index (χ3v) is 2.26. The first-order valence-electron chi connectivity index (χ1n) is 4.79. The molecule has 0 fully saturated rings. The summed E-state index contributed by atoms with van der Waals surface area (Å²) in [5.41, 5.74) is 6.28. The summed E-state index contributed by atoms with van der Waals surface area (Å²) in [5, 5.41) is 19.4. The molecule has 0 bridgehead atoms. The fraction of sp³-hybridized carbons (Fsp3) is 0.400. The van der Waals surface area contributed by atoms with Crippen LogP contribution in [0.3, 0.4) is 0 Å². The van der Waals surface area contributed by atoms with Crippen molar-refractivity contribution in [2.75, 3.05) is 13.7 Å². The van der Waals surface area contributed by atoms with Crippen LogP contribution in [-0.4, -0.2) is 23.7 Å². The smallest absolute Gasteiger partial charge is 0.270 e. The van der Waals surface area contributed by atoms with Crippen molar-refractivity contribution in [1.29, 1.82) is 0 Å². The summed E-state index contributed by atoms with van der Waals surface area (Å²) >= 11 is 0. The summed E-state index contributed by atoms with van der Waals surface area (Å²) < 4.78 is 5.06. The van der Waals surface area contributed by atoms with Gasteiger partial charge in [-0.05, 0) is 12.5 Å². The summed E-state index contributed by atoms with van der Waals surface area (Å²) in [6, 6.07) is 3.76. The molecule has 0 aromatic heterocycles. The van der Waals surface area contributed by atoms with Gasteiger partial charge in [-0.1, -0.05) is 0 Å². The number of aliphatic hydroxyl groups excluding tert-OH is 1. The van der Waals surface area contributed by atoms with Gasteiger partial charge in [0.1, 0.15) is 5.75 Å². The minimum absolute atomic E-state index is 0.0378. The van der Waals surface area contributed by atoms with Crippen molar-refractivity contribution in [2.45, 2.75) is 12.5 Å². The van der Waals surface area contributed by atoms with Crippen molar-refractivity contribution in [2.24, 2.45) is 5.73 Å². The normalized spacial score (nSPS) is 12.2. The van der Waals surface area contributed by atoms with Gasteiger partial charge in [-0.25, -0.2) is 0 Å². The van der Waals surface area contributed by atoms with E-state index in [9.17, 15) is 10.1 Å². The Labute approximate surface area is 92.8 Å². The molecule has 1 atom stereocenters. The molecule has 16 heavy (non-hydrogen) atoms. The number of hydrogen-bond donors (Lipinski definition) is 2. The van der Waals surface area contributed by atoms with Gasteiger partial charge in [0.15, 0.2) is 0 Å². The van der Waals surface area contributed by atoms with Gasteiger partial charge < -0.3 is 15.6 Å². The lowest BCUT2D eigenvalue weighted by Crippen LogP contribution is -2.13. The number of nitro groups is 1. The number of rotatable bonds is 5. The molecule has 1 rings (SSSR count). The molecular weight excluding hydrogens is 212 g/mol. The first-order valence-corrected chi connectivity index (χ1v) is 4.79. The Kier molecular flexibility index (Phi) is 4.21. The second-order valence-corrected chi connectivity index (χ2v) is 3.30. The van der Waals surface area contributed by atoms with Crippen molar-refractivity contribution in [3.8, 4) is 5.75 Å². The SMILES string of the molecule is COc1ccc([N+](=O)[O-])cc1C(N)CCO. The van der Waals surface area contributed by atoms with Crippen LogP contribution in [0, 0.1) is 10.1 Å². The molecule has 0 aliphatic rings. The maximum absolute atomic E-state index is 10.6. The predicted octanol–water partition coefficient (Wildman–Crippen LogP) is 0.986. The highest BCUT2D eigenvalue weighted by atomic mass is 16.6. The van der Waals surface area contributed by atoms with Crippen LogP contribution in [0.1, 0.15) is 18.0 Å². The number of hydrogen-bond acceptors (Lipinski definition) is 5. The molecule has 0 saturated heterocycles. The summed E-state index contributed by atoms with van der Waals surface area (Å²) in [6.07, 6.45) is 0.331. The topological polar surface area (TPSA) is 98.6 Å². The molecule has 0 aliphatic carbocycles. The summed E-state index contributed by atoms with van der Waals surface area (Å²) in [4.78, 5) is 10.1. The number of nitrogens with two attached hydrogens (primary N) is 1. The highest BCUT2D eigenvalue weighted by Gasteiger charge is 2.16. The number of non-ortho nitro benzene ring substituents is 1. The molecule has 6 nitrogen and oxygen atoms in total. The molecule has 0 radical (unpaired) electrons. The Hall–Kier alpha value is -1.66. The van der Waals surface area contributed by atoms with E-state index in [-0.39, 0.29) is 12.3 Å². The lowest BCUT2D eigenvalue weighted by atomic mass is 10.0. The minimum Gasteiger partial charge on any atom is -0.496 e. The maximum atomic E-state index is 10.6. The third kappa shape index (κ3) is 2.68. The quantitative estimate of drug-likeness (QED) is 0.576. The van der Waals surface area contributed by atoms with Crippen molar-refractivity contribution in [3.63, 3.8) is 0 Å². The zero-order chi connectivity index (χ0) is 12.1. The number of nitrogens with zero attached hydrogens (tertiary/aromatic N) is 1. The standard InChI is InChI=1S/C10H14N2O4/c1-16-10-3-2-7(12(14)15)6-8(10)9(11)4-5-13/h2-3,6,9,13H,4-5,11H2,1H3. The zero-order valence-electron chi connectivity index (χ0n) is 8.92. The molecule has 1 aromatic rings. The Balaban J connectivity index is 3.11. The van der Waals surface area contributed by atoms with E-state index in [2.05, 4.69) is 0 Å². The molecule has 0 amide bonds. The van der Waals surface area contributed by atoms with Crippen LogP contribution in [0.2, 0.25) is 0 Å². The molecule has 0 heterocycles. The van der Waals surface area contributed by atoms with Crippen molar-refractivity contribution < 1.29 is 14.8 Å². The largest absolute Gasteiger partial charge is 0.496 e. The first-order chi connectivity index (χ1) is 7.60. The second-order valence-electron chi connectivity index (χ2n) is 3.30. The first kappa shape index (κ1) is 12.4. The summed E-state index contributed by atoms with van der Waals surface area (Å²) in [5.74, 6) is 0.492. The Morgan fingerprint density at radius 3 is 2.81 bits per heavy atom. The molecule has 6 heteroatoms.